The lowest BCUT2D eigenvalue weighted by Gasteiger charge is -2.01. The van der Waals surface area contributed by atoms with E-state index in [1.807, 2.05) is 18.2 Å². The normalized spacial score (nSPS) is 12.0. The van der Waals surface area contributed by atoms with Gasteiger partial charge in [0.15, 0.2) is 5.82 Å². The molecule has 0 atom stereocenters. The first-order valence-corrected chi connectivity index (χ1v) is 9.58. The van der Waals surface area contributed by atoms with Crippen molar-refractivity contribution in [1.82, 2.24) is 24.6 Å². The van der Waals surface area contributed by atoms with Gasteiger partial charge in [0.25, 0.3) is 10.9 Å². The largest absolute Gasteiger partial charge is 0.368 e. The fraction of sp³-hybridized carbons (Fsp3) is 0.0909. The van der Waals surface area contributed by atoms with E-state index in [1.54, 1.807) is 0 Å². The zero-order valence-electron chi connectivity index (χ0n) is 11.0. The van der Waals surface area contributed by atoms with Crippen molar-refractivity contribution in [3.05, 3.63) is 26.2 Å². The summed E-state index contributed by atoms with van der Waals surface area (Å²) in [5.41, 5.74) is 6.52. The number of halogens is 2. The van der Waals surface area contributed by atoms with Crippen LogP contribution in [0.5, 0.6) is 0 Å². The van der Waals surface area contributed by atoms with Crippen LogP contribution in [0.3, 0.4) is 0 Å². The summed E-state index contributed by atoms with van der Waals surface area (Å²) in [4.78, 5) is 11.9. The molecule has 3 aromatic rings. The number of aromatic nitrogens is 5. The van der Waals surface area contributed by atoms with Gasteiger partial charge >= 0.3 is 0 Å². The highest BCUT2D eigenvalue weighted by Crippen LogP contribution is 2.30. The molecule has 2 N–H and O–H groups in total. The molecule has 0 aliphatic rings. The number of sulfone groups is 1. The van der Waals surface area contributed by atoms with Crippen LogP contribution < -0.4 is 5.73 Å². The highest BCUT2D eigenvalue weighted by atomic mass is 127. The van der Waals surface area contributed by atoms with Gasteiger partial charge in [0.05, 0.1) is 0 Å². The lowest BCUT2D eigenvalue weighted by molar-refractivity contribution is 0.592. The molecule has 1 aromatic carbocycles. The predicted molar refractivity (Wildman–Crippen MR) is 92.0 cm³/mol. The minimum atomic E-state index is -3.58. The molecule has 8 nitrogen and oxygen atoms in total. The molecule has 22 heavy (non-hydrogen) atoms. The van der Waals surface area contributed by atoms with Crippen LogP contribution in [0.25, 0.3) is 17.2 Å². The summed E-state index contributed by atoms with van der Waals surface area (Å²) in [6, 6.07) is 5.66. The van der Waals surface area contributed by atoms with Crippen LogP contribution in [0.15, 0.2) is 27.8 Å². The Bertz CT molecular complexity index is 983. The van der Waals surface area contributed by atoms with E-state index >= 15 is 0 Å². The van der Waals surface area contributed by atoms with Crippen LogP contribution in [0, 0.1) is 3.57 Å². The molecule has 0 spiro atoms. The van der Waals surface area contributed by atoms with E-state index in [9.17, 15) is 8.42 Å². The molecule has 114 valence electrons. The Morgan fingerprint density at radius 3 is 2.64 bits per heavy atom. The number of anilines is 1. The van der Waals surface area contributed by atoms with Gasteiger partial charge in [0.2, 0.25) is 15.8 Å². The second-order valence-electron chi connectivity index (χ2n) is 4.38. The predicted octanol–water partition coefficient (Wildman–Crippen LogP) is 1.54. The van der Waals surface area contributed by atoms with Crippen molar-refractivity contribution < 1.29 is 8.42 Å². The van der Waals surface area contributed by atoms with E-state index < -0.39 is 9.84 Å². The third kappa shape index (κ3) is 2.67. The van der Waals surface area contributed by atoms with Crippen molar-refractivity contribution in [3.63, 3.8) is 0 Å². The highest BCUT2D eigenvalue weighted by molar-refractivity contribution is 14.1. The van der Waals surface area contributed by atoms with E-state index in [2.05, 4.69) is 58.6 Å². The first-order chi connectivity index (χ1) is 10.3. The maximum atomic E-state index is 11.6. The molecule has 3 rings (SSSR count). The van der Waals surface area contributed by atoms with Crippen molar-refractivity contribution in [3.8, 4) is 11.4 Å². The van der Waals surface area contributed by atoms with Gasteiger partial charge in [0, 0.05) is 19.9 Å². The Labute approximate surface area is 147 Å². The van der Waals surface area contributed by atoms with Gasteiger partial charge in [-0.25, -0.2) is 8.42 Å². The van der Waals surface area contributed by atoms with Crippen molar-refractivity contribution >= 4 is 60.1 Å². The number of hydrogen-bond donors (Lipinski definition) is 1. The fourth-order valence-electron chi connectivity index (χ4n) is 1.77. The van der Waals surface area contributed by atoms with Crippen LogP contribution in [0.4, 0.5) is 5.95 Å². The molecule has 0 bridgehead atoms. The lowest BCUT2D eigenvalue weighted by Crippen LogP contribution is -2.11. The van der Waals surface area contributed by atoms with Gasteiger partial charge in [-0.3, -0.25) is 0 Å². The molecular formula is C11H8BrIN6O2S. The second-order valence-corrected chi connectivity index (χ2v) is 8.31. The van der Waals surface area contributed by atoms with E-state index in [0.29, 0.717) is 5.82 Å². The first-order valence-electron chi connectivity index (χ1n) is 5.82. The van der Waals surface area contributed by atoms with E-state index in [-0.39, 0.29) is 16.9 Å². The minimum Gasteiger partial charge on any atom is -0.368 e. The molecular weight excluding hydrogens is 487 g/mol. The van der Waals surface area contributed by atoms with Crippen molar-refractivity contribution in [2.75, 3.05) is 12.0 Å². The summed E-state index contributed by atoms with van der Waals surface area (Å²) in [7, 11) is -3.58. The zero-order valence-corrected chi connectivity index (χ0v) is 15.6. The molecule has 0 saturated heterocycles. The van der Waals surface area contributed by atoms with Crippen molar-refractivity contribution in [2.24, 2.45) is 0 Å². The molecule has 0 radical (unpaired) electrons. The maximum absolute atomic E-state index is 11.6. The van der Waals surface area contributed by atoms with E-state index in [0.717, 1.165) is 19.9 Å². The molecule has 0 aliphatic carbocycles. The van der Waals surface area contributed by atoms with Gasteiger partial charge in [-0.1, -0.05) is 6.07 Å². The number of nitrogens with zero attached hydrogens (tertiary/aromatic N) is 5. The van der Waals surface area contributed by atoms with Gasteiger partial charge in [0.1, 0.15) is 0 Å². The summed E-state index contributed by atoms with van der Waals surface area (Å²) in [5.74, 6) is 0.365. The summed E-state index contributed by atoms with van der Waals surface area (Å²) in [5, 5.41) is 3.88. The Morgan fingerprint density at radius 2 is 2.00 bits per heavy atom. The molecule has 11 heteroatoms. The third-order valence-corrected chi connectivity index (χ3v) is 5.14. The van der Waals surface area contributed by atoms with Crippen LogP contribution in [0.1, 0.15) is 0 Å². The summed E-state index contributed by atoms with van der Waals surface area (Å²) >= 11 is 5.61. The Kier molecular flexibility index (Phi) is 3.81. The summed E-state index contributed by atoms with van der Waals surface area (Å²) in [6.07, 6.45) is 1.01. The SMILES string of the molecule is CS(=O)(=O)c1nc(N)n2nc(-c3c(Br)cccc3I)nc2n1. The van der Waals surface area contributed by atoms with Crippen LogP contribution in [0.2, 0.25) is 0 Å². The topological polar surface area (TPSA) is 116 Å². The van der Waals surface area contributed by atoms with E-state index in [4.69, 9.17) is 5.73 Å². The number of fused-ring (bicyclic) bond motifs is 1. The molecule has 0 amide bonds. The fourth-order valence-corrected chi connectivity index (χ4v) is 3.93. The smallest absolute Gasteiger partial charge is 0.258 e. The number of nitrogen functional groups attached to an aromatic ring is 1. The molecule has 2 heterocycles. The van der Waals surface area contributed by atoms with Gasteiger partial charge < -0.3 is 5.73 Å². The van der Waals surface area contributed by atoms with Gasteiger partial charge in [-0.15, -0.1) is 5.10 Å². The quantitative estimate of drug-likeness (QED) is 0.537. The highest BCUT2D eigenvalue weighted by Gasteiger charge is 2.19. The number of hydrogen-bond acceptors (Lipinski definition) is 7. The molecule has 0 unspecified atom stereocenters. The third-order valence-electron chi connectivity index (χ3n) is 2.73. The number of rotatable bonds is 2. The van der Waals surface area contributed by atoms with Gasteiger partial charge in [-0.2, -0.15) is 19.5 Å². The molecule has 0 saturated carbocycles. The lowest BCUT2D eigenvalue weighted by atomic mass is 10.2. The molecule has 0 aliphatic heterocycles. The Morgan fingerprint density at radius 1 is 1.27 bits per heavy atom. The average Bonchev–Trinajstić information content (AvgIpc) is 2.81. The number of nitrogens with two attached hydrogens (primary N) is 1. The van der Waals surface area contributed by atoms with Crippen molar-refractivity contribution in [1.29, 1.82) is 0 Å². The first kappa shape index (κ1) is 15.6. The average molecular weight is 495 g/mol. The van der Waals surface area contributed by atoms with Crippen LogP contribution in [-0.4, -0.2) is 39.2 Å². The minimum absolute atomic E-state index is 0.0782. The molecule has 0 fully saturated rings. The maximum Gasteiger partial charge on any atom is 0.258 e. The Balaban J connectivity index is 2.29. The standard InChI is InChI=1S/C11H8BrIN6O2S/c1-22(20,21)11-16-9(14)19-10(17-11)15-8(18-19)7-5(12)3-2-4-6(7)13/h2-4H,1H3,(H2,14,15,16,17,18). The second kappa shape index (κ2) is 5.38. The van der Waals surface area contributed by atoms with Crippen LogP contribution in [-0.2, 0) is 9.84 Å². The zero-order chi connectivity index (χ0) is 16.1. The van der Waals surface area contributed by atoms with Crippen LogP contribution >= 0.6 is 38.5 Å². The number of benzene rings is 1. The molecule has 2 aromatic heterocycles. The Hall–Kier alpha value is -1.34. The van der Waals surface area contributed by atoms with Gasteiger partial charge in [-0.05, 0) is 50.7 Å². The van der Waals surface area contributed by atoms with Crippen molar-refractivity contribution in [2.45, 2.75) is 5.16 Å². The summed E-state index contributed by atoms with van der Waals surface area (Å²) in [6.45, 7) is 0. The van der Waals surface area contributed by atoms with E-state index in [1.165, 1.54) is 4.52 Å². The summed E-state index contributed by atoms with van der Waals surface area (Å²) < 4.78 is 26.1. The monoisotopic (exact) mass is 494 g/mol.